The maximum atomic E-state index is 12.0. The predicted octanol–water partition coefficient (Wildman–Crippen LogP) is 0.551. The van der Waals surface area contributed by atoms with E-state index in [9.17, 15) is 9.59 Å². The number of hydrogen-bond donors (Lipinski definition) is 2. The Balaban J connectivity index is 2.96. The molecule has 0 radical (unpaired) electrons. The van der Waals surface area contributed by atoms with Gasteiger partial charge in [0.15, 0.2) is 0 Å². The summed E-state index contributed by atoms with van der Waals surface area (Å²) in [5.41, 5.74) is 12.5. The summed E-state index contributed by atoms with van der Waals surface area (Å²) in [7, 11) is 0. The summed E-state index contributed by atoms with van der Waals surface area (Å²) < 4.78 is 0. The molecule has 5 heteroatoms. The first-order valence-corrected chi connectivity index (χ1v) is 5.83. The summed E-state index contributed by atoms with van der Waals surface area (Å²) in [6.45, 7) is 3.81. The smallest absolute Gasteiger partial charge is 0.243 e. The number of carbonyl (C=O) groups is 2. The van der Waals surface area contributed by atoms with Gasteiger partial charge in [0.1, 0.15) is 0 Å². The molecule has 4 N–H and O–H groups in total. The van der Waals surface area contributed by atoms with Crippen LogP contribution in [0, 0.1) is 6.92 Å². The number of benzene rings is 1. The maximum Gasteiger partial charge on any atom is 0.243 e. The molecule has 1 rings (SSSR count). The second kappa shape index (κ2) is 6.16. The van der Waals surface area contributed by atoms with Gasteiger partial charge in [0.05, 0.1) is 6.04 Å². The Hall–Kier alpha value is -1.88. The Bertz CT molecular complexity index is 444. The van der Waals surface area contributed by atoms with Crippen LogP contribution in [-0.4, -0.2) is 24.4 Å². The molecule has 0 aliphatic heterocycles. The molecule has 5 nitrogen and oxygen atoms in total. The van der Waals surface area contributed by atoms with E-state index in [4.69, 9.17) is 11.5 Å². The largest absolute Gasteiger partial charge is 0.370 e. The van der Waals surface area contributed by atoms with Gasteiger partial charge in [-0.3, -0.25) is 9.59 Å². The molecule has 18 heavy (non-hydrogen) atoms. The molecule has 98 valence electrons. The van der Waals surface area contributed by atoms with E-state index in [1.807, 2.05) is 31.2 Å². The minimum atomic E-state index is -0.613. The molecule has 0 aromatic heterocycles. The topological polar surface area (TPSA) is 89.4 Å². The zero-order chi connectivity index (χ0) is 13.7. The fourth-order valence-corrected chi connectivity index (χ4v) is 1.63. The minimum absolute atomic E-state index is 0.117. The van der Waals surface area contributed by atoms with Crippen LogP contribution in [0.25, 0.3) is 0 Å². The standard InChI is InChI=1S/C13H19N3O2/c1-9-4-3-5-11(8-9)16(7-6-12(15)17)13(18)10(2)14/h3-5,8,10H,6-7,14H2,1-2H3,(H2,15,17)/t10-/m0/s1. The summed E-state index contributed by atoms with van der Waals surface area (Å²) in [4.78, 5) is 24.4. The number of aryl methyl sites for hydroxylation is 1. The van der Waals surface area contributed by atoms with Crippen LogP contribution in [0.15, 0.2) is 24.3 Å². The van der Waals surface area contributed by atoms with Crippen molar-refractivity contribution in [3.05, 3.63) is 29.8 Å². The molecule has 0 spiro atoms. The number of hydrogen-bond acceptors (Lipinski definition) is 3. The summed E-state index contributed by atoms with van der Waals surface area (Å²) in [6.07, 6.45) is 0.117. The second-order valence-electron chi connectivity index (χ2n) is 4.33. The van der Waals surface area contributed by atoms with Gasteiger partial charge in [-0.1, -0.05) is 12.1 Å². The van der Waals surface area contributed by atoms with Gasteiger partial charge in [0.25, 0.3) is 0 Å². The number of amides is 2. The highest BCUT2D eigenvalue weighted by atomic mass is 16.2. The first-order chi connectivity index (χ1) is 8.41. The van der Waals surface area contributed by atoms with Crippen LogP contribution >= 0.6 is 0 Å². The molecular weight excluding hydrogens is 230 g/mol. The van der Waals surface area contributed by atoms with E-state index in [1.165, 1.54) is 4.90 Å². The lowest BCUT2D eigenvalue weighted by atomic mass is 10.2. The quantitative estimate of drug-likeness (QED) is 0.798. The molecule has 0 saturated heterocycles. The minimum Gasteiger partial charge on any atom is -0.370 e. The van der Waals surface area contributed by atoms with Gasteiger partial charge in [-0.25, -0.2) is 0 Å². The van der Waals surface area contributed by atoms with E-state index >= 15 is 0 Å². The zero-order valence-corrected chi connectivity index (χ0v) is 10.7. The van der Waals surface area contributed by atoms with Crippen molar-refractivity contribution in [1.82, 2.24) is 0 Å². The Morgan fingerprint density at radius 1 is 1.39 bits per heavy atom. The predicted molar refractivity (Wildman–Crippen MR) is 71.0 cm³/mol. The van der Waals surface area contributed by atoms with Crippen LogP contribution in [0.2, 0.25) is 0 Å². The van der Waals surface area contributed by atoms with Crippen molar-refractivity contribution in [2.75, 3.05) is 11.4 Å². The van der Waals surface area contributed by atoms with E-state index in [1.54, 1.807) is 6.92 Å². The average molecular weight is 249 g/mol. The van der Waals surface area contributed by atoms with Crippen molar-refractivity contribution in [1.29, 1.82) is 0 Å². The molecule has 2 amide bonds. The Morgan fingerprint density at radius 2 is 2.06 bits per heavy atom. The summed E-state index contributed by atoms with van der Waals surface area (Å²) in [6, 6.07) is 6.87. The van der Waals surface area contributed by atoms with Gasteiger partial charge >= 0.3 is 0 Å². The Morgan fingerprint density at radius 3 is 2.56 bits per heavy atom. The van der Waals surface area contributed by atoms with Gasteiger partial charge in [0, 0.05) is 18.7 Å². The molecule has 0 saturated carbocycles. The van der Waals surface area contributed by atoms with Crippen molar-refractivity contribution in [2.24, 2.45) is 11.5 Å². The van der Waals surface area contributed by atoms with Crippen molar-refractivity contribution in [3.8, 4) is 0 Å². The van der Waals surface area contributed by atoms with Gasteiger partial charge in [-0.05, 0) is 31.5 Å². The van der Waals surface area contributed by atoms with Gasteiger partial charge < -0.3 is 16.4 Å². The number of anilines is 1. The Kier molecular flexibility index (Phi) is 4.85. The SMILES string of the molecule is Cc1cccc(N(CCC(N)=O)C(=O)[C@H](C)N)c1. The van der Waals surface area contributed by atoms with Gasteiger partial charge in [-0.15, -0.1) is 0 Å². The normalized spacial score (nSPS) is 11.9. The summed E-state index contributed by atoms with van der Waals surface area (Å²) in [5.74, 6) is -0.660. The highest BCUT2D eigenvalue weighted by molar-refractivity contribution is 5.97. The fourth-order valence-electron chi connectivity index (χ4n) is 1.63. The first-order valence-electron chi connectivity index (χ1n) is 5.83. The third-order valence-electron chi connectivity index (χ3n) is 2.55. The van der Waals surface area contributed by atoms with E-state index in [-0.39, 0.29) is 18.9 Å². The van der Waals surface area contributed by atoms with Crippen LogP contribution in [0.3, 0.4) is 0 Å². The van der Waals surface area contributed by atoms with E-state index in [0.717, 1.165) is 11.3 Å². The number of primary amides is 1. The van der Waals surface area contributed by atoms with Crippen molar-refractivity contribution < 1.29 is 9.59 Å². The number of carbonyl (C=O) groups excluding carboxylic acids is 2. The highest BCUT2D eigenvalue weighted by Gasteiger charge is 2.19. The highest BCUT2D eigenvalue weighted by Crippen LogP contribution is 2.17. The van der Waals surface area contributed by atoms with Gasteiger partial charge in [-0.2, -0.15) is 0 Å². The van der Waals surface area contributed by atoms with Gasteiger partial charge in [0.2, 0.25) is 11.8 Å². The van der Waals surface area contributed by atoms with Crippen molar-refractivity contribution in [2.45, 2.75) is 26.3 Å². The summed E-state index contributed by atoms with van der Waals surface area (Å²) in [5, 5.41) is 0. The van der Waals surface area contributed by atoms with Crippen LogP contribution < -0.4 is 16.4 Å². The molecule has 0 fully saturated rings. The van der Waals surface area contributed by atoms with Crippen molar-refractivity contribution in [3.63, 3.8) is 0 Å². The van der Waals surface area contributed by atoms with E-state index in [2.05, 4.69) is 0 Å². The molecule has 0 aliphatic rings. The Labute approximate surface area is 107 Å². The van der Waals surface area contributed by atoms with E-state index < -0.39 is 11.9 Å². The molecule has 1 atom stereocenters. The average Bonchev–Trinajstić information content (AvgIpc) is 2.28. The molecule has 0 heterocycles. The van der Waals surface area contributed by atoms with Crippen LogP contribution in [0.1, 0.15) is 18.9 Å². The molecule has 1 aromatic rings. The molecule has 0 bridgehead atoms. The van der Waals surface area contributed by atoms with Crippen LogP contribution in [-0.2, 0) is 9.59 Å². The summed E-state index contributed by atoms with van der Waals surface area (Å²) >= 11 is 0. The number of rotatable bonds is 5. The zero-order valence-electron chi connectivity index (χ0n) is 10.7. The van der Waals surface area contributed by atoms with E-state index in [0.29, 0.717) is 0 Å². The number of nitrogens with two attached hydrogens (primary N) is 2. The second-order valence-corrected chi connectivity index (χ2v) is 4.33. The molecular formula is C13H19N3O2. The van der Waals surface area contributed by atoms with Crippen LogP contribution in [0.5, 0.6) is 0 Å². The number of nitrogens with zero attached hydrogens (tertiary/aromatic N) is 1. The monoisotopic (exact) mass is 249 g/mol. The third kappa shape index (κ3) is 3.85. The lowest BCUT2D eigenvalue weighted by Gasteiger charge is -2.24. The molecule has 0 unspecified atom stereocenters. The first kappa shape index (κ1) is 14.2. The lowest BCUT2D eigenvalue weighted by Crippen LogP contribution is -2.43. The molecule has 1 aromatic carbocycles. The third-order valence-corrected chi connectivity index (χ3v) is 2.55. The lowest BCUT2D eigenvalue weighted by molar-refractivity contribution is -0.119. The van der Waals surface area contributed by atoms with Crippen molar-refractivity contribution >= 4 is 17.5 Å². The molecule has 0 aliphatic carbocycles. The fraction of sp³-hybridized carbons (Fsp3) is 0.385. The maximum absolute atomic E-state index is 12.0. The van der Waals surface area contributed by atoms with Crippen LogP contribution in [0.4, 0.5) is 5.69 Å².